The van der Waals surface area contributed by atoms with Gasteiger partial charge in [-0.1, -0.05) is 48.5 Å². The molecule has 0 spiro atoms. The minimum atomic E-state index is -0.256. The van der Waals surface area contributed by atoms with Crippen LogP contribution >= 0.6 is 0 Å². The molecular formula is C22H18N4O2. The monoisotopic (exact) mass is 370 g/mol. The van der Waals surface area contributed by atoms with Crippen molar-refractivity contribution in [1.29, 1.82) is 0 Å². The zero-order valence-corrected chi connectivity index (χ0v) is 15.2. The lowest BCUT2D eigenvalue weighted by Crippen LogP contribution is -2.12. The van der Waals surface area contributed by atoms with Crippen LogP contribution in [0.2, 0.25) is 0 Å². The molecule has 6 heteroatoms. The summed E-state index contributed by atoms with van der Waals surface area (Å²) >= 11 is 0. The molecule has 0 unspecified atom stereocenters. The maximum Gasteiger partial charge on any atom is 0.259 e. The van der Waals surface area contributed by atoms with Crippen molar-refractivity contribution in [3.63, 3.8) is 0 Å². The summed E-state index contributed by atoms with van der Waals surface area (Å²) in [5.74, 6) is 0.230. The summed E-state index contributed by atoms with van der Waals surface area (Å²) in [6.45, 7) is 0. The normalized spacial score (nSPS) is 10.5. The maximum absolute atomic E-state index is 13.0. The summed E-state index contributed by atoms with van der Waals surface area (Å²) < 4.78 is 6.76. The van der Waals surface area contributed by atoms with Crippen LogP contribution in [0.15, 0.2) is 85.2 Å². The van der Waals surface area contributed by atoms with Gasteiger partial charge in [0.05, 0.1) is 30.2 Å². The second-order valence-electron chi connectivity index (χ2n) is 6.08. The van der Waals surface area contributed by atoms with Crippen molar-refractivity contribution in [2.75, 3.05) is 12.4 Å². The lowest BCUT2D eigenvalue weighted by atomic mass is 10.1. The van der Waals surface area contributed by atoms with Gasteiger partial charge in [0.2, 0.25) is 5.88 Å². The summed E-state index contributed by atoms with van der Waals surface area (Å²) in [4.78, 5) is 17.1. The molecule has 4 rings (SSSR count). The second kappa shape index (κ2) is 7.75. The minimum absolute atomic E-state index is 0.256. The Labute approximate surface area is 162 Å². The molecule has 0 aliphatic carbocycles. The maximum atomic E-state index is 13.0. The number of pyridine rings is 1. The van der Waals surface area contributed by atoms with E-state index in [1.807, 2.05) is 60.7 Å². The molecule has 138 valence electrons. The van der Waals surface area contributed by atoms with Crippen molar-refractivity contribution in [3.05, 3.63) is 90.8 Å². The van der Waals surface area contributed by atoms with E-state index in [1.54, 1.807) is 36.3 Å². The van der Waals surface area contributed by atoms with Gasteiger partial charge in [0, 0.05) is 17.8 Å². The number of hydrogen-bond donors (Lipinski definition) is 1. The van der Waals surface area contributed by atoms with Gasteiger partial charge < -0.3 is 10.1 Å². The lowest BCUT2D eigenvalue weighted by Gasteiger charge is -2.06. The van der Waals surface area contributed by atoms with Crippen LogP contribution in [0.25, 0.3) is 16.9 Å². The van der Waals surface area contributed by atoms with Crippen molar-refractivity contribution < 1.29 is 9.53 Å². The fourth-order valence-electron chi connectivity index (χ4n) is 2.84. The highest BCUT2D eigenvalue weighted by Gasteiger charge is 2.19. The quantitative estimate of drug-likeness (QED) is 0.572. The molecule has 1 N–H and O–H groups in total. The Hall–Kier alpha value is -3.93. The third kappa shape index (κ3) is 3.61. The van der Waals surface area contributed by atoms with Gasteiger partial charge in [-0.2, -0.15) is 5.10 Å². The first-order chi connectivity index (χ1) is 13.7. The van der Waals surface area contributed by atoms with E-state index in [9.17, 15) is 4.79 Å². The number of ether oxygens (including phenoxy) is 1. The predicted molar refractivity (Wildman–Crippen MR) is 108 cm³/mol. The molecule has 2 aromatic carbocycles. The van der Waals surface area contributed by atoms with Crippen LogP contribution in [-0.2, 0) is 0 Å². The van der Waals surface area contributed by atoms with Gasteiger partial charge in [0.25, 0.3) is 5.91 Å². The van der Waals surface area contributed by atoms with E-state index < -0.39 is 0 Å². The van der Waals surface area contributed by atoms with Crippen LogP contribution in [-0.4, -0.2) is 27.8 Å². The number of carbonyl (C=O) groups excluding carboxylic acids is 1. The Balaban J connectivity index is 1.71. The summed E-state index contributed by atoms with van der Waals surface area (Å²) in [5, 5.41) is 7.54. The molecule has 0 atom stereocenters. The number of anilines is 1. The van der Waals surface area contributed by atoms with Crippen LogP contribution in [0, 0.1) is 0 Å². The van der Waals surface area contributed by atoms with Gasteiger partial charge in [-0.3, -0.25) is 4.79 Å². The van der Waals surface area contributed by atoms with Gasteiger partial charge in [0.15, 0.2) is 0 Å². The molecule has 1 amide bonds. The SMILES string of the molecule is COc1ccc(NC(=O)c2cn(-c3ccccc3)nc2-c2ccccc2)cn1. The van der Waals surface area contributed by atoms with E-state index in [0.717, 1.165) is 11.3 Å². The number of benzene rings is 2. The van der Waals surface area contributed by atoms with Crippen molar-refractivity contribution in [3.8, 4) is 22.8 Å². The molecule has 0 bridgehead atoms. The predicted octanol–water partition coefficient (Wildman–Crippen LogP) is 4.20. The average molecular weight is 370 g/mol. The van der Waals surface area contributed by atoms with Crippen molar-refractivity contribution >= 4 is 11.6 Å². The largest absolute Gasteiger partial charge is 0.481 e. The van der Waals surface area contributed by atoms with Crippen molar-refractivity contribution in [1.82, 2.24) is 14.8 Å². The van der Waals surface area contributed by atoms with Gasteiger partial charge >= 0.3 is 0 Å². The Morgan fingerprint density at radius 2 is 1.68 bits per heavy atom. The molecule has 2 aromatic heterocycles. The van der Waals surface area contributed by atoms with Gasteiger partial charge in [0.1, 0.15) is 5.69 Å². The highest BCUT2D eigenvalue weighted by atomic mass is 16.5. The summed E-state index contributed by atoms with van der Waals surface area (Å²) in [5.41, 5.74) is 3.42. The number of aromatic nitrogens is 3. The van der Waals surface area contributed by atoms with E-state index in [4.69, 9.17) is 4.74 Å². The Morgan fingerprint density at radius 3 is 2.32 bits per heavy atom. The Kier molecular flexibility index (Phi) is 4.84. The van der Waals surface area contributed by atoms with Crippen LogP contribution in [0.1, 0.15) is 10.4 Å². The second-order valence-corrected chi connectivity index (χ2v) is 6.08. The summed E-state index contributed by atoms with van der Waals surface area (Å²) in [6, 6.07) is 22.8. The first-order valence-corrected chi connectivity index (χ1v) is 8.76. The zero-order chi connectivity index (χ0) is 19.3. The average Bonchev–Trinajstić information content (AvgIpc) is 3.21. The first kappa shape index (κ1) is 17.5. The summed E-state index contributed by atoms with van der Waals surface area (Å²) in [7, 11) is 1.55. The highest BCUT2D eigenvalue weighted by molar-refractivity contribution is 6.08. The molecule has 6 nitrogen and oxygen atoms in total. The molecule has 0 saturated carbocycles. The molecule has 0 fully saturated rings. The molecule has 0 aliphatic heterocycles. The molecule has 2 heterocycles. The molecular weight excluding hydrogens is 352 g/mol. The number of nitrogens with one attached hydrogen (secondary N) is 1. The fraction of sp³-hybridized carbons (Fsp3) is 0.0455. The van der Waals surface area contributed by atoms with Crippen LogP contribution < -0.4 is 10.1 Å². The molecule has 28 heavy (non-hydrogen) atoms. The van der Waals surface area contributed by atoms with Crippen LogP contribution in [0.5, 0.6) is 5.88 Å². The van der Waals surface area contributed by atoms with E-state index in [2.05, 4.69) is 15.4 Å². The highest BCUT2D eigenvalue weighted by Crippen LogP contribution is 2.24. The molecule has 0 radical (unpaired) electrons. The summed E-state index contributed by atoms with van der Waals surface area (Å²) in [6.07, 6.45) is 3.30. The van der Waals surface area contributed by atoms with Crippen LogP contribution in [0.3, 0.4) is 0 Å². The number of nitrogens with zero attached hydrogens (tertiary/aromatic N) is 3. The number of methoxy groups -OCH3 is 1. The lowest BCUT2D eigenvalue weighted by molar-refractivity contribution is 0.102. The standard InChI is InChI=1S/C22H18N4O2/c1-28-20-13-12-17(14-23-20)24-22(27)19-15-26(18-10-6-3-7-11-18)25-21(19)16-8-4-2-5-9-16/h2-15H,1H3,(H,24,27). The number of amides is 1. The number of rotatable bonds is 5. The number of carbonyl (C=O) groups is 1. The zero-order valence-electron chi connectivity index (χ0n) is 15.2. The molecule has 0 saturated heterocycles. The van der Waals surface area contributed by atoms with E-state index in [-0.39, 0.29) is 5.91 Å². The third-order valence-corrected chi connectivity index (χ3v) is 4.23. The molecule has 0 aliphatic rings. The van der Waals surface area contributed by atoms with Crippen molar-refractivity contribution in [2.45, 2.75) is 0 Å². The van der Waals surface area contributed by atoms with Gasteiger partial charge in [-0.05, 0) is 18.2 Å². The van der Waals surface area contributed by atoms with E-state index in [1.165, 1.54) is 0 Å². The topological polar surface area (TPSA) is 69.0 Å². The van der Waals surface area contributed by atoms with Gasteiger partial charge in [-0.15, -0.1) is 0 Å². The van der Waals surface area contributed by atoms with E-state index in [0.29, 0.717) is 22.8 Å². The Morgan fingerprint density at radius 1 is 0.964 bits per heavy atom. The van der Waals surface area contributed by atoms with Crippen molar-refractivity contribution in [2.24, 2.45) is 0 Å². The molecule has 4 aromatic rings. The fourth-order valence-corrected chi connectivity index (χ4v) is 2.84. The number of hydrogen-bond acceptors (Lipinski definition) is 4. The van der Waals surface area contributed by atoms with Crippen LogP contribution in [0.4, 0.5) is 5.69 Å². The first-order valence-electron chi connectivity index (χ1n) is 8.76. The third-order valence-electron chi connectivity index (χ3n) is 4.23. The minimum Gasteiger partial charge on any atom is -0.481 e. The van der Waals surface area contributed by atoms with Gasteiger partial charge in [-0.25, -0.2) is 9.67 Å². The Bertz CT molecular complexity index is 1070. The smallest absolute Gasteiger partial charge is 0.259 e. The van der Waals surface area contributed by atoms with E-state index >= 15 is 0 Å². The number of para-hydroxylation sites is 1.